The molecule has 344 valence electrons. The number of unbranched alkanes of at least 4 members (excludes halogenated alkanes) is 3. The van der Waals surface area contributed by atoms with Crippen molar-refractivity contribution in [3.63, 3.8) is 0 Å². The van der Waals surface area contributed by atoms with Crippen LogP contribution >= 0.6 is 0 Å². The summed E-state index contributed by atoms with van der Waals surface area (Å²) >= 11 is 0. The molecule has 6 rings (SSSR count). The summed E-state index contributed by atoms with van der Waals surface area (Å²) in [7, 11) is 1.00. The fraction of sp³-hybridized carbons (Fsp3) is 0.458. The highest BCUT2D eigenvalue weighted by molar-refractivity contribution is 5.75. The number of carbonyl (C=O) groups is 2. The number of carboxylic acids is 2. The zero-order chi connectivity index (χ0) is 46.2. The first-order chi connectivity index (χ1) is 30.1. The Morgan fingerprint density at radius 3 is 1.71 bits per heavy atom. The molecule has 2 heterocycles. The molecule has 4 aromatic rings. The quantitative estimate of drug-likeness (QED) is 0.0725. The first-order valence-electron chi connectivity index (χ1n) is 21.1. The van der Waals surface area contributed by atoms with E-state index < -0.39 is 73.7 Å². The van der Waals surface area contributed by atoms with Crippen molar-refractivity contribution in [2.24, 2.45) is 0 Å². The fourth-order valence-corrected chi connectivity index (χ4v) is 7.50. The molecule has 2 aliphatic rings. The maximum atomic E-state index is 11.4. The largest absolute Gasteiger partial charge is 0.481 e. The maximum Gasteiger partial charge on any atom is 0.307 e. The first-order valence-corrected chi connectivity index (χ1v) is 21.1. The van der Waals surface area contributed by atoms with Gasteiger partial charge in [-0.15, -0.1) is 0 Å². The molecule has 0 saturated carbocycles. The molecule has 0 aromatic heterocycles. The van der Waals surface area contributed by atoms with Crippen molar-refractivity contribution in [1.82, 2.24) is 0 Å². The zero-order valence-corrected chi connectivity index (χ0v) is 35.9. The summed E-state index contributed by atoms with van der Waals surface area (Å²) in [5, 5.41) is 93.3. The van der Waals surface area contributed by atoms with Crippen molar-refractivity contribution in [2.45, 2.75) is 120 Å². The number of aliphatic hydroxyl groups excluding tert-OH is 8. The van der Waals surface area contributed by atoms with E-state index in [-0.39, 0.29) is 19.4 Å². The highest BCUT2D eigenvalue weighted by Crippen LogP contribution is 2.35. The number of aryl methyl sites for hydroxylation is 3. The van der Waals surface area contributed by atoms with Crippen LogP contribution in [0.25, 0.3) is 22.3 Å². The Bertz CT molecular complexity index is 2040. The summed E-state index contributed by atoms with van der Waals surface area (Å²) in [5.74, 6) is -1.47. The standard InChI is InChI=1S/C41H46O10.C6H12O4.CH4O/c1-25-14-15-26(20-32(25)30-12-6-10-28(18-30)22-36(43)44)8-4-2-3-5-9-27-16-17-34(50-41-40(49)39(48)38(47)35(24-42)51-41)33(21-27)31-13-7-11-29(19-31)23-37(45)46;1-3-5(8)6(9)4(7)2-10-3;1-2/h6-7,10-21,35,38-42,47-49H,2-5,8-9,22-24H2,1H3,(H,43,44)(H,45,46);3-9H,2H2,1H3;2H,1H3/t35-,38?,39+,40+,41?;3?,4?,5-,6+;/m11./s1. The Labute approximate surface area is 367 Å². The third-order valence-electron chi connectivity index (χ3n) is 11.1. The van der Waals surface area contributed by atoms with Crippen molar-refractivity contribution >= 4 is 11.9 Å². The number of hydrogen-bond donors (Lipinski definition) is 10. The van der Waals surface area contributed by atoms with E-state index in [4.69, 9.17) is 34.6 Å². The topological polar surface area (TPSA) is 264 Å². The predicted molar refractivity (Wildman–Crippen MR) is 233 cm³/mol. The van der Waals surface area contributed by atoms with Crippen molar-refractivity contribution in [1.29, 1.82) is 0 Å². The molecule has 0 amide bonds. The average Bonchev–Trinajstić information content (AvgIpc) is 3.27. The molecule has 0 radical (unpaired) electrons. The molecule has 9 atom stereocenters. The number of aliphatic hydroxyl groups is 8. The van der Waals surface area contributed by atoms with Crippen LogP contribution in [0.1, 0.15) is 60.4 Å². The summed E-state index contributed by atoms with van der Waals surface area (Å²) in [6.07, 6.45) is -4.93. The van der Waals surface area contributed by atoms with E-state index in [9.17, 15) is 40.2 Å². The lowest BCUT2D eigenvalue weighted by molar-refractivity contribution is -0.277. The van der Waals surface area contributed by atoms with Gasteiger partial charge in [0.15, 0.2) is 0 Å². The van der Waals surface area contributed by atoms with Gasteiger partial charge in [-0.3, -0.25) is 9.59 Å². The highest BCUT2D eigenvalue weighted by atomic mass is 16.7. The van der Waals surface area contributed by atoms with Crippen molar-refractivity contribution in [3.8, 4) is 28.0 Å². The Morgan fingerprint density at radius 1 is 0.635 bits per heavy atom. The molecule has 0 spiro atoms. The highest BCUT2D eigenvalue weighted by Gasteiger charge is 2.45. The predicted octanol–water partition coefficient (Wildman–Crippen LogP) is 3.20. The summed E-state index contributed by atoms with van der Waals surface area (Å²) < 4.78 is 16.6. The Balaban J connectivity index is 0.000000632. The van der Waals surface area contributed by atoms with E-state index >= 15 is 0 Å². The van der Waals surface area contributed by atoms with Crippen LogP contribution in [-0.4, -0.2) is 138 Å². The van der Waals surface area contributed by atoms with Gasteiger partial charge in [0, 0.05) is 12.7 Å². The molecule has 10 N–H and O–H groups in total. The molecule has 4 unspecified atom stereocenters. The molecule has 0 aliphatic carbocycles. The summed E-state index contributed by atoms with van der Waals surface area (Å²) in [5.41, 5.74) is 8.31. The van der Waals surface area contributed by atoms with Crippen LogP contribution in [0.15, 0.2) is 84.9 Å². The first kappa shape index (κ1) is 50.9. The number of carboxylic acid groups (broad SMARTS) is 2. The van der Waals surface area contributed by atoms with E-state index in [0.717, 1.165) is 73.5 Å². The van der Waals surface area contributed by atoms with Crippen LogP contribution in [0.2, 0.25) is 0 Å². The van der Waals surface area contributed by atoms with Gasteiger partial charge in [0.2, 0.25) is 6.29 Å². The number of ether oxygens (including phenoxy) is 3. The monoisotopic (exact) mass is 878 g/mol. The van der Waals surface area contributed by atoms with Gasteiger partial charge in [-0.2, -0.15) is 0 Å². The molecule has 0 bridgehead atoms. The van der Waals surface area contributed by atoms with Crippen LogP contribution in [0.4, 0.5) is 0 Å². The van der Waals surface area contributed by atoms with Crippen LogP contribution < -0.4 is 4.74 Å². The minimum absolute atomic E-state index is 0.00601. The zero-order valence-electron chi connectivity index (χ0n) is 35.9. The number of hydrogen-bond acceptors (Lipinski definition) is 13. The molecular formula is C48H62O15. The third-order valence-corrected chi connectivity index (χ3v) is 11.1. The fourth-order valence-electron chi connectivity index (χ4n) is 7.50. The van der Waals surface area contributed by atoms with Gasteiger partial charge in [-0.05, 0) is 96.2 Å². The Hall–Kier alpha value is -4.78. The third kappa shape index (κ3) is 14.6. The minimum Gasteiger partial charge on any atom is -0.481 e. The lowest BCUT2D eigenvalue weighted by atomic mass is 9.94. The van der Waals surface area contributed by atoms with E-state index in [1.807, 2.05) is 42.5 Å². The minimum atomic E-state index is -1.59. The summed E-state index contributed by atoms with van der Waals surface area (Å²) in [6, 6.07) is 26.9. The van der Waals surface area contributed by atoms with Gasteiger partial charge in [0.1, 0.15) is 48.5 Å². The van der Waals surface area contributed by atoms with Gasteiger partial charge >= 0.3 is 11.9 Å². The number of benzene rings is 4. The number of rotatable bonds is 16. The lowest BCUT2D eigenvalue weighted by Gasteiger charge is -2.39. The normalized spacial score (nSPS) is 24.3. The van der Waals surface area contributed by atoms with E-state index in [2.05, 4.69) is 25.1 Å². The van der Waals surface area contributed by atoms with Crippen molar-refractivity contribution in [3.05, 3.63) is 113 Å². The van der Waals surface area contributed by atoms with Gasteiger partial charge in [-0.25, -0.2) is 0 Å². The van der Waals surface area contributed by atoms with Gasteiger partial charge in [-0.1, -0.05) is 85.6 Å². The summed E-state index contributed by atoms with van der Waals surface area (Å²) in [6.45, 7) is 3.23. The average molecular weight is 879 g/mol. The second kappa shape index (κ2) is 24.9. The van der Waals surface area contributed by atoms with E-state index in [1.54, 1.807) is 31.2 Å². The second-order valence-electron chi connectivity index (χ2n) is 15.8. The van der Waals surface area contributed by atoms with Crippen molar-refractivity contribution < 1.29 is 74.9 Å². The van der Waals surface area contributed by atoms with Gasteiger partial charge in [0.25, 0.3) is 0 Å². The Morgan fingerprint density at radius 2 is 1.17 bits per heavy atom. The van der Waals surface area contributed by atoms with E-state index in [0.29, 0.717) is 22.4 Å². The molecule has 15 nitrogen and oxygen atoms in total. The molecule has 63 heavy (non-hydrogen) atoms. The van der Waals surface area contributed by atoms with Gasteiger partial charge < -0.3 is 65.3 Å². The van der Waals surface area contributed by atoms with Gasteiger partial charge in [0.05, 0.1) is 32.2 Å². The van der Waals surface area contributed by atoms with Crippen molar-refractivity contribution in [2.75, 3.05) is 20.3 Å². The number of aliphatic carboxylic acids is 2. The second-order valence-corrected chi connectivity index (χ2v) is 15.8. The maximum absolute atomic E-state index is 11.4. The van der Waals surface area contributed by atoms with Crippen LogP contribution in [-0.2, 0) is 44.7 Å². The molecule has 2 saturated heterocycles. The van der Waals surface area contributed by atoms with Crippen LogP contribution in [0.5, 0.6) is 5.75 Å². The Kier molecular flexibility index (Phi) is 20.1. The molecule has 4 aromatic carbocycles. The van der Waals surface area contributed by atoms with E-state index in [1.165, 1.54) is 5.56 Å². The van der Waals surface area contributed by atoms with Crippen LogP contribution in [0, 0.1) is 6.92 Å². The lowest BCUT2D eigenvalue weighted by Crippen LogP contribution is -2.60. The molecule has 15 heteroatoms. The SMILES string of the molecule is CC1OCC(O)[C@H](O)[C@@H]1O.CO.Cc1ccc(CCCCCCc2ccc(OC3O[C@H](CO)C(O)[C@H](O)[C@@H]3O)c(-c3cccc(CC(=O)O)c3)c2)cc1-c1cccc(CC(=O)O)c1. The molecular weight excluding hydrogens is 817 g/mol. The molecule has 2 aliphatic heterocycles. The smallest absolute Gasteiger partial charge is 0.307 e. The molecule has 2 fully saturated rings. The summed E-state index contributed by atoms with van der Waals surface area (Å²) in [4.78, 5) is 22.6. The van der Waals surface area contributed by atoms with Crippen LogP contribution in [0.3, 0.4) is 0 Å².